The molecule has 0 amide bonds. The van der Waals surface area contributed by atoms with Crippen LogP contribution in [0.1, 0.15) is 30.9 Å². The smallest absolute Gasteiger partial charge is 0.297 e. The molecule has 0 radical (unpaired) electrons. The highest BCUT2D eigenvalue weighted by atomic mass is 35.5. The van der Waals surface area contributed by atoms with Gasteiger partial charge in [0, 0.05) is 6.20 Å². The molecule has 0 saturated heterocycles. The molecule has 6 heteroatoms. The SMILES string of the molecule is Cc1ccncc1-n1c(=O)[nH]c(Cl)c(C(C)C)c1=O. The summed E-state index contributed by atoms with van der Waals surface area (Å²) in [4.78, 5) is 30.9. The van der Waals surface area contributed by atoms with Crippen molar-refractivity contribution in [1.29, 1.82) is 0 Å². The fraction of sp³-hybridized carbons (Fsp3) is 0.308. The van der Waals surface area contributed by atoms with Crippen molar-refractivity contribution < 1.29 is 0 Å². The first-order chi connectivity index (χ1) is 8.93. The number of aromatic amines is 1. The number of aromatic nitrogens is 3. The number of hydrogen-bond donors (Lipinski definition) is 1. The molecule has 19 heavy (non-hydrogen) atoms. The Morgan fingerprint density at radius 1 is 1.37 bits per heavy atom. The summed E-state index contributed by atoms with van der Waals surface area (Å²) in [5, 5.41) is 0.0998. The van der Waals surface area contributed by atoms with E-state index in [1.165, 1.54) is 6.20 Å². The van der Waals surface area contributed by atoms with Gasteiger partial charge in [0.25, 0.3) is 5.56 Å². The van der Waals surface area contributed by atoms with Gasteiger partial charge in [0.1, 0.15) is 5.15 Å². The van der Waals surface area contributed by atoms with Gasteiger partial charge >= 0.3 is 5.69 Å². The molecule has 5 nitrogen and oxygen atoms in total. The van der Waals surface area contributed by atoms with E-state index in [1.807, 2.05) is 20.8 Å². The summed E-state index contributed by atoms with van der Waals surface area (Å²) in [6.45, 7) is 5.51. The molecule has 0 aliphatic heterocycles. The number of hydrogen-bond acceptors (Lipinski definition) is 3. The fourth-order valence-electron chi connectivity index (χ4n) is 1.93. The van der Waals surface area contributed by atoms with E-state index < -0.39 is 11.2 Å². The molecular formula is C13H14ClN3O2. The Labute approximate surface area is 114 Å². The molecule has 100 valence electrons. The van der Waals surface area contributed by atoms with Gasteiger partial charge in [-0.15, -0.1) is 0 Å². The number of pyridine rings is 1. The molecule has 0 bridgehead atoms. The van der Waals surface area contributed by atoms with Crippen molar-refractivity contribution in [2.75, 3.05) is 0 Å². The Bertz CT molecular complexity index is 731. The zero-order chi connectivity index (χ0) is 14.2. The quantitative estimate of drug-likeness (QED) is 0.855. The summed E-state index contributed by atoms with van der Waals surface area (Å²) in [5.41, 5.74) is 0.687. The largest absolute Gasteiger partial charge is 0.334 e. The summed E-state index contributed by atoms with van der Waals surface area (Å²) >= 11 is 5.94. The standard InChI is InChI=1S/C13H14ClN3O2/c1-7(2)10-11(14)16-13(19)17(12(10)18)9-6-15-5-4-8(9)3/h4-7H,1-3H3,(H,16,19). The molecule has 0 saturated carbocycles. The normalized spacial score (nSPS) is 11.0. The fourth-order valence-corrected chi connectivity index (χ4v) is 2.31. The minimum absolute atomic E-state index is 0.0833. The molecule has 0 atom stereocenters. The lowest BCUT2D eigenvalue weighted by Crippen LogP contribution is -2.37. The first-order valence-electron chi connectivity index (χ1n) is 5.89. The average molecular weight is 280 g/mol. The van der Waals surface area contributed by atoms with Gasteiger partial charge < -0.3 is 0 Å². The third-order valence-corrected chi connectivity index (χ3v) is 3.22. The van der Waals surface area contributed by atoms with Crippen molar-refractivity contribution in [2.24, 2.45) is 0 Å². The van der Waals surface area contributed by atoms with Crippen LogP contribution >= 0.6 is 11.6 Å². The minimum Gasteiger partial charge on any atom is -0.297 e. The van der Waals surface area contributed by atoms with E-state index in [-0.39, 0.29) is 11.1 Å². The van der Waals surface area contributed by atoms with E-state index in [0.717, 1.165) is 10.1 Å². The second-order valence-corrected chi connectivity index (χ2v) is 4.99. The molecule has 0 spiro atoms. The van der Waals surface area contributed by atoms with Crippen LogP contribution in [0.3, 0.4) is 0 Å². The third kappa shape index (κ3) is 2.33. The molecular weight excluding hydrogens is 266 g/mol. The molecule has 2 aromatic heterocycles. The van der Waals surface area contributed by atoms with Gasteiger partial charge in [-0.2, -0.15) is 0 Å². The van der Waals surface area contributed by atoms with Crippen LogP contribution in [0.2, 0.25) is 5.15 Å². The molecule has 1 N–H and O–H groups in total. The van der Waals surface area contributed by atoms with Crippen molar-refractivity contribution in [2.45, 2.75) is 26.7 Å². The first-order valence-corrected chi connectivity index (χ1v) is 6.27. The lowest BCUT2D eigenvalue weighted by Gasteiger charge is -2.12. The Morgan fingerprint density at radius 3 is 2.63 bits per heavy atom. The molecule has 0 aliphatic carbocycles. The van der Waals surface area contributed by atoms with Crippen LogP contribution in [0.5, 0.6) is 0 Å². The van der Waals surface area contributed by atoms with Crippen LogP contribution in [0.4, 0.5) is 0 Å². The van der Waals surface area contributed by atoms with Crippen LogP contribution in [-0.2, 0) is 0 Å². The second-order valence-electron chi connectivity index (χ2n) is 4.62. The maximum absolute atomic E-state index is 12.4. The molecule has 0 aromatic carbocycles. The van der Waals surface area contributed by atoms with Gasteiger partial charge in [-0.05, 0) is 24.5 Å². The van der Waals surface area contributed by atoms with Crippen molar-refractivity contribution in [3.63, 3.8) is 0 Å². The first kappa shape index (κ1) is 13.5. The Balaban J connectivity index is 2.87. The van der Waals surface area contributed by atoms with Gasteiger partial charge in [-0.1, -0.05) is 25.4 Å². The zero-order valence-corrected chi connectivity index (χ0v) is 11.7. The lowest BCUT2D eigenvalue weighted by atomic mass is 10.1. The van der Waals surface area contributed by atoms with Gasteiger partial charge in [0.15, 0.2) is 0 Å². The Kier molecular flexibility index (Phi) is 3.57. The predicted molar refractivity (Wildman–Crippen MR) is 74.3 cm³/mol. The average Bonchev–Trinajstić information content (AvgIpc) is 2.30. The molecule has 2 aromatic rings. The highest BCUT2D eigenvalue weighted by Crippen LogP contribution is 2.17. The summed E-state index contributed by atoms with van der Waals surface area (Å²) in [7, 11) is 0. The van der Waals surface area contributed by atoms with Gasteiger partial charge in [0.05, 0.1) is 17.4 Å². The molecule has 0 aliphatic rings. The van der Waals surface area contributed by atoms with E-state index in [4.69, 9.17) is 11.6 Å². The molecule has 2 rings (SSSR count). The van der Waals surface area contributed by atoms with Crippen LogP contribution in [-0.4, -0.2) is 14.5 Å². The summed E-state index contributed by atoms with van der Waals surface area (Å²) in [6, 6.07) is 1.74. The van der Waals surface area contributed by atoms with Crippen molar-refractivity contribution in [1.82, 2.24) is 14.5 Å². The molecule has 2 heterocycles. The van der Waals surface area contributed by atoms with Crippen LogP contribution in [0.15, 0.2) is 28.0 Å². The summed E-state index contributed by atoms with van der Waals surface area (Å²) in [5.74, 6) is -0.0833. The summed E-state index contributed by atoms with van der Waals surface area (Å²) in [6.07, 6.45) is 3.10. The Hall–Kier alpha value is -1.88. The van der Waals surface area contributed by atoms with Gasteiger partial charge in [-0.3, -0.25) is 14.8 Å². The second kappa shape index (κ2) is 5.01. The predicted octanol–water partition coefficient (Wildman–Crippen LogP) is 2.01. The van der Waals surface area contributed by atoms with Gasteiger partial charge in [0.2, 0.25) is 0 Å². The zero-order valence-electron chi connectivity index (χ0n) is 10.9. The molecule has 0 unspecified atom stereocenters. The highest BCUT2D eigenvalue weighted by molar-refractivity contribution is 6.30. The van der Waals surface area contributed by atoms with Crippen LogP contribution < -0.4 is 11.2 Å². The number of nitrogens with zero attached hydrogens (tertiary/aromatic N) is 2. The number of nitrogens with one attached hydrogen (secondary N) is 1. The van der Waals surface area contributed by atoms with Gasteiger partial charge in [-0.25, -0.2) is 9.36 Å². The number of halogens is 1. The monoisotopic (exact) mass is 279 g/mol. The van der Waals surface area contributed by atoms with E-state index in [9.17, 15) is 9.59 Å². The van der Waals surface area contributed by atoms with Crippen LogP contribution in [0, 0.1) is 6.92 Å². The molecule has 0 fully saturated rings. The Morgan fingerprint density at radius 2 is 2.05 bits per heavy atom. The highest BCUT2D eigenvalue weighted by Gasteiger charge is 2.17. The maximum Gasteiger partial charge on any atom is 0.334 e. The summed E-state index contributed by atoms with van der Waals surface area (Å²) < 4.78 is 1.07. The number of rotatable bonds is 2. The van der Waals surface area contributed by atoms with Crippen molar-refractivity contribution in [3.05, 3.63) is 55.6 Å². The van der Waals surface area contributed by atoms with Crippen LogP contribution in [0.25, 0.3) is 5.69 Å². The lowest BCUT2D eigenvalue weighted by molar-refractivity contribution is 0.773. The van der Waals surface area contributed by atoms with E-state index in [0.29, 0.717) is 11.3 Å². The topological polar surface area (TPSA) is 67.8 Å². The van der Waals surface area contributed by atoms with E-state index in [2.05, 4.69) is 9.97 Å². The van der Waals surface area contributed by atoms with E-state index in [1.54, 1.807) is 12.3 Å². The number of H-pyrrole nitrogens is 1. The maximum atomic E-state index is 12.4. The number of aryl methyl sites for hydroxylation is 1. The van der Waals surface area contributed by atoms with Crippen molar-refractivity contribution in [3.8, 4) is 5.69 Å². The third-order valence-electron chi connectivity index (χ3n) is 2.92. The minimum atomic E-state index is -0.560. The van der Waals surface area contributed by atoms with Crippen molar-refractivity contribution >= 4 is 11.6 Å². The van der Waals surface area contributed by atoms with E-state index >= 15 is 0 Å².